The highest BCUT2D eigenvalue weighted by molar-refractivity contribution is 5.94. The standard InChI is InChI=1S/C19H28N2O3/c1-20(2)12-14-5-3-6-15(11-14)19(23)21-9-10-24-13-17(21)16-7-4-8-18(16)22/h3,5-6,11,16-18,22H,4,7-10,12-13H2,1-2H3/t16-,17-,18-/m1/s1. The molecule has 0 aromatic heterocycles. The van der Waals surface area contributed by atoms with Crippen LogP contribution in [0.5, 0.6) is 0 Å². The maximum atomic E-state index is 13.1. The number of amides is 1. The van der Waals surface area contributed by atoms with E-state index in [0.717, 1.165) is 36.9 Å². The van der Waals surface area contributed by atoms with Gasteiger partial charge in [0.1, 0.15) is 0 Å². The molecule has 3 rings (SSSR count). The summed E-state index contributed by atoms with van der Waals surface area (Å²) in [6.07, 6.45) is 2.52. The zero-order chi connectivity index (χ0) is 17.1. The van der Waals surface area contributed by atoms with E-state index >= 15 is 0 Å². The van der Waals surface area contributed by atoms with E-state index in [4.69, 9.17) is 4.74 Å². The monoisotopic (exact) mass is 332 g/mol. The minimum Gasteiger partial charge on any atom is -0.393 e. The van der Waals surface area contributed by atoms with Gasteiger partial charge in [-0.05, 0) is 44.6 Å². The number of ether oxygens (including phenoxy) is 1. The molecule has 24 heavy (non-hydrogen) atoms. The maximum Gasteiger partial charge on any atom is 0.254 e. The first kappa shape index (κ1) is 17.4. The third-order valence-corrected chi connectivity index (χ3v) is 5.12. The number of rotatable bonds is 4. The van der Waals surface area contributed by atoms with Crippen molar-refractivity contribution in [1.29, 1.82) is 0 Å². The van der Waals surface area contributed by atoms with E-state index in [0.29, 0.717) is 19.8 Å². The van der Waals surface area contributed by atoms with Gasteiger partial charge in [0.15, 0.2) is 0 Å². The number of benzene rings is 1. The van der Waals surface area contributed by atoms with Gasteiger partial charge in [0.2, 0.25) is 0 Å². The Morgan fingerprint density at radius 3 is 2.92 bits per heavy atom. The van der Waals surface area contributed by atoms with Crippen LogP contribution in [0.3, 0.4) is 0 Å². The Balaban J connectivity index is 1.79. The summed E-state index contributed by atoms with van der Waals surface area (Å²) in [6, 6.07) is 7.86. The van der Waals surface area contributed by atoms with Crippen LogP contribution in [-0.2, 0) is 11.3 Å². The molecule has 3 atom stereocenters. The lowest BCUT2D eigenvalue weighted by Crippen LogP contribution is -2.53. The van der Waals surface area contributed by atoms with Crippen LogP contribution in [0.25, 0.3) is 0 Å². The molecule has 5 heteroatoms. The Hall–Kier alpha value is -1.43. The fourth-order valence-corrected chi connectivity index (χ4v) is 3.98. The van der Waals surface area contributed by atoms with Gasteiger partial charge in [0.25, 0.3) is 5.91 Å². The first-order valence-electron chi connectivity index (χ1n) is 8.86. The molecule has 1 aliphatic carbocycles. The van der Waals surface area contributed by atoms with Crippen molar-refractivity contribution in [3.8, 4) is 0 Å². The van der Waals surface area contributed by atoms with E-state index < -0.39 is 0 Å². The predicted molar refractivity (Wildman–Crippen MR) is 92.8 cm³/mol. The van der Waals surface area contributed by atoms with Gasteiger partial charge in [-0.1, -0.05) is 18.6 Å². The number of morpholine rings is 1. The molecule has 0 radical (unpaired) electrons. The summed E-state index contributed by atoms with van der Waals surface area (Å²) in [5.41, 5.74) is 1.87. The molecule has 132 valence electrons. The van der Waals surface area contributed by atoms with Crippen molar-refractivity contribution in [2.24, 2.45) is 5.92 Å². The van der Waals surface area contributed by atoms with E-state index in [9.17, 15) is 9.90 Å². The highest BCUT2D eigenvalue weighted by Gasteiger charge is 2.39. The Morgan fingerprint density at radius 2 is 2.21 bits per heavy atom. The molecule has 0 spiro atoms. The van der Waals surface area contributed by atoms with Crippen LogP contribution in [0.15, 0.2) is 24.3 Å². The van der Waals surface area contributed by atoms with Crippen molar-refractivity contribution in [3.63, 3.8) is 0 Å². The number of hydrogen-bond acceptors (Lipinski definition) is 4. The first-order valence-corrected chi connectivity index (χ1v) is 8.86. The molecule has 1 N–H and O–H groups in total. The van der Waals surface area contributed by atoms with Gasteiger partial charge in [-0.2, -0.15) is 0 Å². The minimum absolute atomic E-state index is 0.0127. The van der Waals surface area contributed by atoms with Crippen molar-refractivity contribution >= 4 is 5.91 Å². The van der Waals surface area contributed by atoms with Crippen molar-refractivity contribution < 1.29 is 14.6 Å². The van der Waals surface area contributed by atoms with E-state index in [-0.39, 0.29) is 24.0 Å². The van der Waals surface area contributed by atoms with E-state index in [2.05, 4.69) is 4.90 Å². The molecule has 1 saturated carbocycles. The van der Waals surface area contributed by atoms with Gasteiger partial charge in [-0.15, -0.1) is 0 Å². The molecule has 0 bridgehead atoms. The second kappa shape index (κ2) is 7.64. The van der Waals surface area contributed by atoms with Gasteiger partial charge in [0, 0.05) is 24.6 Å². The smallest absolute Gasteiger partial charge is 0.254 e. The number of hydrogen-bond donors (Lipinski definition) is 1. The molecule has 1 aromatic rings. The average Bonchev–Trinajstić information content (AvgIpc) is 3.00. The zero-order valence-corrected chi connectivity index (χ0v) is 14.6. The van der Waals surface area contributed by atoms with Gasteiger partial charge in [-0.3, -0.25) is 4.79 Å². The van der Waals surface area contributed by atoms with Crippen molar-refractivity contribution in [2.75, 3.05) is 33.9 Å². The van der Waals surface area contributed by atoms with Gasteiger partial charge < -0.3 is 19.6 Å². The summed E-state index contributed by atoms with van der Waals surface area (Å²) in [5, 5.41) is 10.3. The number of nitrogens with zero attached hydrogens (tertiary/aromatic N) is 2. The van der Waals surface area contributed by atoms with Crippen molar-refractivity contribution in [3.05, 3.63) is 35.4 Å². The van der Waals surface area contributed by atoms with E-state index in [1.54, 1.807) is 0 Å². The number of carbonyl (C=O) groups is 1. The summed E-state index contributed by atoms with van der Waals surface area (Å²) in [5.74, 6) is 0.196. The topological polar surface area (TPSA) is 53.0 Å². The lowest BCUT2D eigenvalue weighted by atomic mass is 9.93. The predicted octanol–water partition coefficient (Wildman–Crippen LogP) is 1.75. The van der Waals surface area contributed by atoms with Crippen molar-refractivity contribution in [1.82, 2.24) is 9.80 Å². The Morgan fingerprint density at radius 1 is 1.38 bits per heavy atom. The number of aliphatic hydroxyl groups is 1. The maximum absolute atomic E-state index is 13.1. The third kappa shape index (κ3) is 3.79. The van der Waals surface area contributed by atoms with Gasteiger partial charge in [-0.25, -0.2) is 0 Å². The fourth-order valence-electron chi connectivity index (χ4n) is 3.98. The van der Waals surface area contributed by atoms with Crippen LogP contribution in [0.2, 0.25) is 0 Å². The Bertz CT molecular complexity index is 575. The molecule has 0 unspecified atom stereocenters. The Labute approximate surface area is 144 Å². The first-order chi connectivity index (χ1) is 11.6. The second-order valence-corrected chi connectivity index (χ2v) is 7.24. The summed E-state index contributed by atoms with van der Waals surface area (Å²) >= 11 is 0. The molecular formula is C19H28N2O3. The fraction of sp³-hybridized carbons (Fsp3) is 0.632. The highest BCUT2D eigenvalue weighted by atomic mass is 16.5. The largest absolute Gasteiger partial charge is 0.393 e. The van der Waals surface area contributed by atoms with Crippen LogP contribution >= 0.6 is 0 Å². The summed E-state index contributed by atoms with van der Waals surface area (Å²) in [7, 11) is 4.04. The molecule has 1 amide bonds. The quantitative estimate of drug-likeness (QED) is 0.913. The second-order valence-electron chi connectivity index (χ2n) is 7.24. The molecule has 2 fully saturated rings. The lowest BCUT2D eigenvalue weighted by molar-refractivity contribution is -0.0383. The van der Waals surface area contributed by atoms with Crippen LogP contribution < -0.4 is 0 Å². The molecular weight excluding hydrogens is 304 g/mol. The highest BCUT2D eigenvalue weighted by Crippen LogP contribution is 2.32. The van der Waals surface area contributed by atoms with E-state index in [1.165, 1.54) is 0 Å². The molecule has 1 heterocycles. The number of aliphatic hydroxyl groups excluding tert-OH is 1. The summed E-state index contributed by atoms with van der Waals surface area (Å²) < 4.78 is 5.62. The molecule has 1 aliphatic heterocycles. The van der Waals surface area contributed by atoms with Gasteiger partial charge in [0.05, 0.1) is 25.4 Å². The molecule has 1 aromatic carbocycles. The van der Waals surface area contributed by atoms with E-state index in [1.807, 2.05) is 43.3 Å². The summed E-state index contributed by atoms with van der Waals surface area (Å²) in [4.78, 5) is 17.1. The molecule has 2 aliphatic rings. The minimum atomic E-state index is -0.313. The summed E-state index contributed by atoms with van der Waals surface area (Å²) in [6.45, 7) is 2.52. The van der Waals surface area contributed by atoms with Crippen molar-refractivity contribution in [2.45, 2.75) is 38.0 Å². The lowest BCUT2D eigenvalue weighted by Gasteiger charge is -2.40. The molecule has 5 nitrogen and oxygen atoms in total. The zero-order valence-electron chi connectivity index (χ0n) is 14.6. The average molecular weight is 332 g/mol. The SMILES string of the molecule is CN(C)Cc1cccc(C(=O)N2CCOC[C@@H]2[C@H]2CCC[C@H]2O)c1. The van der Waals surface area contributed by atoms with Crippen LogP contribution in [-0.4, -0.2) is 66.8 Å². The normalized spacial score (nSPS) is 27.7. The molecule has 1 saturated heterocycles. The Kier molecular flexibility index (Phi) is 5.54. The third-order valence-electron chi connectivity index (χ3n) is 5.12. The number of carbonyl (C=O) groups excluding carboxylic acids is 1. The van der Waals surface area contributed by atoms with Crippen LogP contribution in [0.4, 0.5) is 0 Å². The van der Waals surface area contributed by atoms with Gasteiger partial charge >= 0.3 is 0 Å². The van der Waals surface area contributed by atoms with Crippen LogP contribution in [0, 0.1) is 5.92 Å². The van der Waals surface area contributed by atoms with Crippen LogP contribution in [0.1, 0.15) is 35.2 Å².